The maximum Gasteiger partial charge on any atom is 0.255 e. The van der Waals surface area contributed by atoms with Crippen molar-refractivity contribution in [2.24, 2.45) is 5.14 Å². The SMILES string of the molecule is CCc1ccc(NC(=O)c2cccc(N3CCCC3=O)c2)cc1S(N)(=O)=O. The summed E-state index contributed by atoms with van der Waals surface area (Å²) in [6.07, 6.45) is 1.82. The van der Waals surface area contributed by atoms with E-state index >= 15 is 0 Å². The monoisotopic (exact) mass is 387 g/mol. The first-order valence-electron chi connectivity index (χ1n) is 8.67. The number of nitrogens with one attached hydrogen (secondary N) is 1. The predicted octanol–water partition coefficient (Wildman–Crippen LogP) is 2.28. The summed E-state index contributed by atoms with van der Waals surface area (Å²) in [6, 6.07) is 11.4. The van der Waals surface area contributed by atoms with Crippen LogP contribution in [0.3, 0.4) is 0 Å². The van der Waals surface area contributed by atoms with E-state index in [-0.39, 0.29) is 10.8 Å². The normalized spacial score (nSPS) is 14.4. The Kier molecular flexibility index (Phi) is 5.29. The number of primary sulfonamides is 1. The predicted molar refractivity (Wildman–Crippen MR) is 103 cm³/mol. The molecule has 0 unspecified atom stereocenters. The molecule has 0 bridgehead atoms. The van der Waals surface area contributed by atoms with Crippen LogP contribution in [0.4, 0.5) is 11.4 Å². The quantitative estimate of drug-likeness (QED) is 0.820. The van der Waals surface area contributed by atoms with Crippen LogP contribution in [0, 0.1) is 0 Å². The Morgan fingerprint density at radius 1 is 1.22 bits per heavy atom. The summed E-state index contributed by atoms with van der Waals surface area (Å²) in [5.41, 5.74) is 1.98. The van der Waals surface area contributed by atoms with Crippen LogP contribution < -0.4 is 15.4 Å². The van der Waals surface area contributed by atoms with E-state index in [1.54, 1.807) is 41.3 Å². The van der Waals surface area contributed by atoms with Crippen molar-refractivity contribution in [2.45, 2.75) is 31.1 Å². The number of aryl methyl sites for hydroxylation is 1. The maximum absolute atomic E-state index is 12.6. The Morgan fingerprint density at radius 3 is 2.63 bits per heavy atom. The summed E-state index contributed by atoms with van der Waals surface area (Å²) in [5, 5.41) is 7.96. The number of hydrogen-bond donors (Lipinski definition) is 2. The zero-order valence-corrected chi connectivity index (χ0v) is 15.8. The first-order valence-corrected chi connectivity index (χ1v) is 10.2. The molecule has 2 amide bonds. The van der Waals surface area contributed by atoms with Crippen molar-refractivity contribution in [3.63, 3.8) is 0 Å². The highest BCUT2D eigenvalue weighted by atomic mass is 32.2. The standard InChI is InChI=1S/C19H21N3O4S/c1-2-13-8-9-15(12-17(13)27(20,25)26)21-19(24)14-5-3-6-16(11-14)22-10-4-7-18(22)23/h3,5-6,8-9,11-12H,2,4,7,10H2,1H3,(H,21,24)(H2,20,25,26). The number of nitrogens with two attached hydrogens (primary N) is 1. The van der Waals surface area contributed by atoms with Crippen LogP contribution in [0.2, 0.25) is 0 Å². The lowest BCUT2D eigenvalue weighted by Gasteiger charge is -2.16. The van der Waals surface area contributed by atoms with E-state index in [2.05, 4.69) is 5.32 Å². The minimum Gasteiger partial charge on any atom is -0.322 e. The molecule has 3 N–H and O–H groups in total. The fraction of sp³-hybridized carbons (Fsp3) is 0.263. The molecular formula is C19H21N3O4S. The Hall–Kier alpha value is -2.71. The van der Waals surface area contributed by atoms with Gasteiger partial charge in [-0.1, -0.05) is 19.1 Å². The highest BCUT2D eigenvalue weighted by molar-refractivity contribution is 7.89. The third kappa shape index (κ3) is 4.17. The minimum atomic E-state index is -3.89. The third-order valence-electron chi connectivity index (χ3n) is 4.51. The van der Waals surface area contributed by atoms with Gasteiger partial charge in [0.15, 0.2) is 0 Å². The summed E-state index contributed by atoms with van der Waals surface area (Å²) >= 11 is 0. The van der Waals surface area contributed by atoms with Crippen molar-refractivity contribution < 1.29 is 18.0 Å². The van der Waals surface area contributed by atoms with Crippen LogP contribution in [-0.2, 0) is 21.2 Å². The molecule has 1 aliphatic heterocycles. The van der Waals surface area contributed by atoms with Gasteiger partial charge < -0.3 is 10.2 Å². The Labute approximate surface area is 158 Å². The van der Waals surface area contributed by atoms with Crippen LogP contribution in [0.25, 0.3) is 0 Å². The van der Waals surface area contributed by atoms with Gasteiger partial charge in [0.1, 0.15) is 0 Å². The molecule has 0 spiro atoms. The number of carbonyl (C=O) groups excluding carboxylic acids is 2. The van der Waals surface area contributed by atoms with Gasteiger partial charge in [0, 0.05) is 29.9 Å². The highest BCUT2D eigenvalue weighted by Gasteiger charge is 2.22. The van der Waals surface area contributed by atoms with E-state index in [9.17, 15) is 18.0 Å². The zero-order valence-electron chi connectivity index (χ0n) is 14.9. The summed E-state index contributed by atoms with van der Waals surface area (Å²) in [6.45, 7) is 2.47. The van der Waals surface area contributed by atoms with Gasteiger partial charge in [-0.25, -0.2) is 13.6 Å². The molecule has 0 saturated carbocycles. The van der Waals surface area contributed by atoms with Gasteiger partial charge in [-0.2, -0.15) is 0 Å². The average Bonchev–Trinajstić information content (AvgIpc) is 3.07. The lowest BCUT2D eigenvalue weighted by molar-refractivity contribution is -0.117. The minimum absolute atomic E-state index is 0.000728. The van der Waals surface area contributed by atoms with E-state index in [0.29, 0.717) is 41.9 Å². The highest BCUT2D eigenvalue weighted by Crippen LogP contribution is 2.24. The first kappa shape index (κ1) is 19.1. The van der Waals surface area contributed by atoms with Crippen molar-refractivity contribution >= 4 is 33.2 Å². The molecule has 0 aromatic heterocycles. The summed E-state index contributed by atoms with van der Waals surface area (Å²) < 4.78 is 23.5. The molecule has 0 radical (unpaired) electrons. The van der Waals surface area contributed by atoms with Gasteiger partial charge in [-0.15, -0.1) is 0 Å². The van der Waals surface area contributed by atoms with Crippen molar-refractivity contribution in [1.82, 2.24) is 0 Å². The Bertz CT molecular complexity index is 1000. The molecule has 3 rings (SSSR count). The molecule has 1 fully saturated rings. The van der Waals surface area contributed by atoms with E-state index in [4.69, 9.17) is 5.14 Å². The van der Waals surface area contributed by atoms with E-state index in [0.717, 1.165) is 6.42 Å². The van der Waals surface area contributed by atoms with Crippen LogP contribution in [0.5, 0.6) is 0 Å². The maximum atomic E-state index is 12.6. The van der Waals surface area contributed by atoms with Crippen LogP contribution in [-0.4, -0.2) is 26.8 Å². The fourth-order valence-electron chi connectivity index (χ4n) is 3.13. The summed E-state index contributed by atoms with van der Waals surface area (Å²) in [5.74, 6) is -0.353. The van der Waals surface area contributed by atoms with E-state index in [1.807, 2.05) is 6.92 Å². The Balaban J connectivity index is 1.85. The van der Waals surface area contributed by atoms with Crippen molar-refractivity contribution in [3.8, 4) is 0 Å². The number of amides is 2. The van der Waals surface area contributed by atoms with Crippen LogP contribution in [0.1, 0.15) is 35.7 Å². The number of nitrogens with zero attached hydrogens (tertiary/aromatic N) is 1. The van der Waals surface area contributed by atoms with Gasteiger partial charge in [0.05, 0.1) is 4.90 Å². The third-order valence-corrected chi connectivity index (χ3v) is 5.50. The molecule has 2 aromatic rings. The molecule has 0 aliphatic carbocycles. The van der Waals surface area contributed by atoms with Gasteiger partial charge >= 0.3 is 0 Å². The zero-order chi connectivity index (χ0) is 19.6. The summed E-state index contributed by atoms with van der Waals surface area (Å²) in [4.78, 5) is 26.1. The lowest BCUT2D eigenvalue weighted by atomic mass is 10.1. The second-order valence-corrected chi connectivity index (χ2v) is 7.90. The molecule has 1 aliphatic rings. The van der Waals surface area contributed by atoms with Crippen molar-refractivity contribution in [2.75, 3.05) is 16.8 Å². The van der Waals surface area contributed by atoms with E-state index < -0.39 is 15.9 Å². The molecule has 27 heavy (non-hydrogen) atoms. The second-order valence-electron chi connectivity index (χ2n) is 6.37. The molecule has 0 atom stereocenters. The lowest BCUT2D eigenvalue weighted by Crippen LogP contribution is -2.24. The van der Waals surface area contributed by atoms with Gasteiger partial charge in [0.25, 0.3) is 5.91 Å². The average molecular weight is 387 g/mol. The molecular weight excluding hydrogens is 366 g/mol. The first-order chi connectivity index (χ1) is 12.8. The number of rotatable bonds is 5. The number of sulfonamides is 1. The largest absolute Gasteiger partial charge is 0.322 e. The second kappa shape index (κ2) is 7.50. The number of anilines is 2. The van der Waals surface area contributed by atoms with Gasteiger partial charge in [-0.3, -0.25) is 9.59 Å². The van der Waals surface area contributed by atoms with E-state index in [1.165, 1.54) is 6.07 Å². The van der Waals surface area contributed by atoms with Gasteiger partial charge in [-0.05, 0) is 48.7 Å². The molecule has 1 saturated heterocycles. The van der Waals surface area contributed by atoms with Gasteiger partial charge in [0.2, 0.25) is 15.9 Å². The number of carbonyl (C=O) groups is 2. The Morgan fingerprint density at radius 2 is 2.00 bits per heavy atom. The molecule has 2 aromatic carbocycles. The molecule has 8 heteroatoms. The fourth-order valence-corrected chi connectivity index (χ4v) is 4.00. The summed E-state index contributed by atoms with van der Waals surface area (Å²) in [7, 11) is -3.89. The smallest absolute Gasteiger partial charge is 0.255 e. The topological polar surface area (TPSA) is 110 Å². The van der Waals surface area contributed by atoms with Crippen LogP contribution >= 0.6 is 0 Å². The number of benzene rings is 2. The molecule has 1 heterocycles. The van der Waals surface area contributed by atoms with Crippen molar-refractivity contribution in [3.05, 3.63) is 53.6 Å². The van der Waals surface area contributed by atoms with Crippen LogP contribution in [0.15, 0.2) is 47.4 Å². The number of hydrogen-bond acceptors (Lipinski definition) is 4. The molecule has 7 nitrogen and oxygen atoms in total. The van der Waals surface area contributed by atoms with Crippen molar-refractivity contribution in [1.29, 1.82) is 0 Å². The molecule has 142 valence electrons.